The van der Waals surface area contributed by atoms with E-state index in [1.807, 2.05) is 12.1 Å². The zero-order valence-electron chi connectivity index (χ0n) is 15.7. The Kier molecular flexibility index (Phi) is 6.91. The smallest absolute Gasteiger partial charge is 0.343 e. The van der Waals surface area contributed by atoms with Crippen molar-refractivity contribution in [3.05, 3.63) is 93.5 Å². The SMILES string of the molecule is CCCc1ccc(C(=O)Oc2ccc(C(=O)Oc3ccc(Cl)cc3)cc2Cl)cc1. The lowest BCUT2D eigenvalue weighted by atomic mass is 10.1. The van der Waals surface area contributed by atoms with Crippen LogP contribution >= 0.6 is 23.2 Å². The van der Waals surface area contributed by atoms with Gasteiger partial charge in [0.25, 0.3) is 0 Å². The fourth-order valence-electron chi connectivity index (χ4n) is 2.63. The molecular formula is C23H18Cl2O4. The third-order valence-corrected chi connectivity index (χ3v) is 4.67. The molecule has 4 nitrogen and oxygen atoms in total. The van der Waals surface area contributed by atoms with Crippen molar-refractivity contribution in [2.24, 2.45) is 0 Å². The maximum Gasteiger partial charge on any atom is 0.343 e. The number of carbonyl (C=O) groups is 2. The fourth-order valence-corrected chi connectivity index (χ4v) is 2.98. The molecule has 0 N–H and O–H groups in total. The third kappa shape index (κ3) is 5.59. The van der Waals surface area contributed by atoms with Gasteiger partial charge in [-0.15, -0.1) is 0 Å². The molecule has 0 saturated heterocycles. The zero-order valence-corrected chi connectivity index (χ0v) is 17.2. The van der Waals surface area contributed by atoms with Crippen molar-refractivity contribution in [2.75, 3.05) is 0 Å². The van der Waals surface area contributed by atoms with Gasteiger partial charge in [0.05, 0.1) is 16.1 Å². The minimum Gasteiger partial charge on any atom is -0.423 e. The van der Waals surface area contributed by atoms with E-state index in [0.717, 1.165) is 18.4 Å². The van der Waals surface area contributed by atoms with E-state index < -0.39 is 11.9 Å². The second-order valence-corrected chi connectivity index (χ2v) is 7.17. The fraction of sp³-hybridized carbons (Fsp3) is 0.130. The largest absolute Gasteiger partial charge is 0.423 e. The van der Waals surface area contributed by atoms with Crippen LogP contribution in [0.15, 0.2) is 66.7 Å². The van der Waals surface area contributed by atoms with Gasteiger partial charge >= 0.3 is 11.9 Å². The molecule has 0 aliphatic rings. The highest BCUT2D eigenvalue weighted by Crippen LogP contribution is 2.27. The molecule has 0 bridgehead atoms. The van der Waals surface area contributed by atoms with Crippen LogP contribution < -0.4 is 9.47 Å². The van der Waals surface area contributed by atoms with Gasteiger partial charge in [-0.25, -0.2) is 9.59 Å². The quantitative estimate of drug-likeness (QED) is 0.337. The van der Waals surface area contributed by atoms with Crippen LogP contribution in [-0.2, 0) is 6.42 Å². The highest BCUT2D eigenvalue weighted by atomic mass is 35.5. The number of carbonyl (C=O) groups excluding carboxylic acids is 2. The van der Waals surface area contributed by atoms with Crippen LogP contribution in [0.25, 0.3) is 0 Å². The van der Waals surface area contributed by atoms with E-state index in [9.17, 15) is 9.59 Å². The van der Waals surface area contributed by atoms with E-state index in [0.29, 0.717) is 16.3 Å². The monoisotopic (exact) mass is 428 g/mol. The number of hydrogen-bond donors (Lipinski definition) is 0. The van der Waals surface area contributed by atoms with Crippen LogP contribution in [0.5, 0.6) is 11.5 Å². The molecule has 0 saturated carbocycles. The van der Waals surface area contributed by atoms with Crippen molar-refractivity contribution in [3.63, 3.8) is 0 Å². The molecule has 0 spiro atoms. The van der Waals surface area contributed by atoms with Gasteiger partial charge in [0.1, 0.15) is 11.5 Å². The average molecular weight is 429 g/mol. The lowest BCUT2D eigenvalue weighted by Crippen LogP contribution is -2.11. The van der Waals surface area contributed by atoms with Gasteiger partial charge in [0, 0.05) is 5.02 Å². The molecule has 0 fully saturated rings. The Balaban J connectivity index is 1.67. The predicted octanol–water partition coefficient (Wildman–Crippen LogP) is 6.38. The minimum atomic E-state index is -0.585. The number of ether oxygens (including phenoxy) is 2. The van der Waals surface area contributed by atoms with E-state index in [2.05, 4.69) is 6.92 Å². The van der Waals surface area contributed by atoms with Gasteiger partial charge < -0.3 is 9.47 Å². The van der Waals surface area contributed by atoms with Crippen LogP contribution in [0.2, 0.25) is 10.0 Å². The summed E-state index contributed by atoms with van der Waals surface area (Å²) in [4.78, 5) is 24.6. The molecule has 0 atom stereocenters. The Labute approximate surface area is 179 Å². The lowest BCUT2D eigenvalue weighted by molar-refractivity contribution is 0.0730. The second kappa shape index (κ2) is 9.59. The van der Waals surface area contributed by atoms with Gasteiger partial charge in [0.15, 0.2) is 0 Å². The maximum atomic E-state index is 12.3. The van der Waals surface area contributed by atoms with Crippen molar-refractivity contribution < 1.29 is 19.1 Å². The summed E-state index contributed by atoms with van der Waals surface area (Å²) in [7, 11) is 0. The number of esters is 2. The molecule has 0 heterocycles. The molecule has 0 unspecified atom stereocenters. The van der Waals surface area contributed by atoms with Crippen molar-refractivity contribution in [1.29, 1.82) is 0 Å². The van der Waals surface area contributed by atoms with E-state index >= 15 is 0 Å². The van der Waals surface area contributed by atoms with Crippen LogP contribution in [-0.4, -0.2) is 11.9 Å². The summed E-state index contributed by atoms with van der Waals surface area (Å²) in [6, 6.07) is 18.0. The Morgan fingerprint density at radius 1 is 0.793 bits per heavy atom. The highest BCUT2D eigenvalue weighted by Gasteiger charge is 2.15. The number of halogens is 2. The molecule has 0 aliphatic carbocycles. The van der Waals surface area contributed by atoms with Gasteiger partial charge in [-0.05, 0) is 66.6 Å². The number of benzene rings is 3. The average Bonchev–Trinajstić information content (AvgIpc) is 2.72. The number of rotatable bonds is 6. The van der Waals surface area contributed by atoms with E-state index in [-0.39, 0.29) is 16.3 Å². The molecule has 148 valence electrons. The van der Waals surface area contributed by atoms with Crippen LogP contribution in [0.1, 0.15) is 39.6 Å². The Morgan fingerprint density at radius 2 is 1.41 bits per heavy atom. The molecule has 3 aromatic carbocycles. The van der Waals surface area contributed by atoms with Gasteiger partial charge in [-0.1, -0.05) is 48.7 Å². The van der Waals surface area contributed by atoms with Crippen LogP contribution in [0, 0.1) is 0 Å². The molecule has 0 aromatic heterocycles. The Morgan fingerprint density at radius 3 is 2.03 bits per heavy atom. The number of hydrogen-bond acceptors (Lipinski definition) is 4. The van der Waals surface area contributed by atoms with Crippen molar-refractivity contribution in [3.8, 4) is 11.5 Å². The minimum absolute atomic E-state index is 0.131. The summed E-state index contributed by atoms with van der Waals surface area (Å²) >= 11 is 12.0. The first-order valence-corrected chi connectivity index (χ1v) is 9.80. The normalized spacial score (nSPS) is 10.4. The molecule has 3 aromatic rings. The lowest BCUT2D eigenvalue weighted by Gasteiger charge is -2.09. The highest BCUT2D eigenvalue weighted by molar-refractivity contribution is 6.32. The molecule has 3 rings (SSSR count). The molecular weight excluding hydrogens is 411 g/mol. The zero-order chi connectivity index (χ0) is 20.8. The first-order valence-electron chi connectivity index (χ1n) is 9.04. The molecule has 0 amide bonds. The van der Waals surface area contributed by atoms with Gasteiger partial charge in [0.2, 0.25) is 0 Å². The van der Waals surface area contributed by atoms with E-state index in [1.54, 1.807) is 36.4 Å². The topological polar surface area (TPSA) is 52.6 Å². The van der Waals surface area contributed by atoms with Crippen molar-refractivity contribution in [2.45, 2.75) is 19.8 Å². The van der Waals surface area contributed by atoms with Gasteiger partial charge in [-0.3, -0.25) is 0 Å². The predicted molar refractivity (Wildman–Crippen MR) is 113 cm³/mol. The molecule has 6 heteroatoms. The second-order valence-electron chi connectivity index (χ2n) is 6.33. The number of aryl methyl sites for hydroxylation is 1. The van der Waals surface area contributed by atoms with Crippen LogP contribution in [0.4, 0.5) is 0 Å². The standard InChI is InChI=1S/C23H18Cl2O4/c1-2-3-15-4-6-16(7-5-15)22(26)29-21-13-8-17(14-20(21)25)23(27)28-19-11-9-18(24)10-12-19/h4-14H,2-3H2,1H3. The van der Waals surface area contributed by atoms with Crippen molar-refractivity contribution >= 4 is 35.1 Å². The molecule has 29 heavy (non-hydrogen) atoms. The summed E-state index contributed by atoms with van der Waals surface area (Å²) in [5.41, 5.74) is 1.81. The first kappa shape index (κ1) is 20.9. The summed E-state index contributed by atoms with van der Waals surface area (Å²) in [6.45, 7) is 2.10. The summed E-state index contributed by atoms with van der Waals surface area (Å²) in [5, 5.41) is 0.672. The van der Waals surface area contributed by atoms with E-state index in [4.69, 9.17) is 32.7 Å². The Hall–Kier alpha value is -2.82. The molecule has 0 radical (unpaired) electrons. The Bertz CT molecular complexity index is 1010. The first-order chi connectivity index (χ1) is 14.0. The summed E-state index contributed by atoms with van der Waals surface area (Å²) in [5.74, 6) is -0.583. The van der Waals surface area contributed by atoms with E-state index in [1.165, 1.54) is 18.2 Å². The van der Waals surface area contributed by atoms with Crippen molar-refractivity contribution in [1.82, 2.24) is 0 Å². The third-order valence-electron chi connectivity index (χ3n) is 4.12. The summed E-state index contributed by atoms with van der Waals surface area (Å²) in [6.07, 6.45) is 1.99. The maximum absolute atomic E-state index is 12.3. The molecule has 0 aliphatic heterocycles. The van der Waals surface area contributed by atoms with Crippen LogP contribution in [0.3, 0.4) is 0 Å². The van der Waals surface area contributed by atoms with Gasteiger partial charge in [-0.2, -0.15) is 0 Å². The summed E-state index contributed by atoms with van der Waals surface area (Å²) < 4.78 is 10.6.